The van der Waals surface area contributed by atoms with Gasteiger partial charge in [0.15, 0.2) is 0 Å². The van der Waals surface area contributed by atoms with E-state index < -0.39 is 6.10 Å². The molecule has 2 unspecified atom stereocenters. The summed E-state index contributed by atoms with van der Waals surface area (Å²) >= 11 is 1.83. The van der Waals surface area contributed by atoms with Crippen LogP contribution >= 0.6 is 11.8 Å². The van der Waals surface area contributed by atoms with Crippen molar-refractivity contribution >= 4 is 11.8 Å². The third-order valence-corrected chi connectivity index (χ3v) is 4.64. The number of aliphatic hydroxyl groups excluding tert-OH is 1. The molecule has 1 saturated heterocycles. The predicted octanol–water partition coefficient (Wildman–Crippen LogP) is 2.20. The number of para-hydroxylation sites is 1. The van der Waals surface area contributed by atoms with Crippen molar-refractivity contribution in [2.45, 2.75) is 24.2 Å². The molecule has 1 fully saturated rings. The maximum atomic E-state index is 10.4. The van der Waals surface area contributed by atoms with Crippen LogP contribution in [0.15, 0.2) is 36.5 Å². The van der Waals surface area contributed by atoms with Crippen LogP contribution in [0.1, 0.15) is 24.6 Å². The van der Waals surface area contributed by atoms with E-state index in [4.69, 9.17) is 0 Å². The quantitative estimate of drug-likeness (QED) is 0.920. The van der Waals surface area contributed by atoms with Crippen LogP contribution in [0.25, 0.3) is 5.69 Å². The van der Waals surface area contributed by atoms with Gasteiger partial charge in [-0.2, -0.15) is 11.8 Å². The Hall–Kier alpha value is -1.33. The summed E-state index contributed by atoms with van der Waals surface area (Å²) in [7, 11) is 0. The number of hydrogen-bond acceptors (Lipinski definition) is 4. The highest BCUT2D eigenvalue weighted by Crippen LogP contribution is 2.35. The molecule has 18 heavy (non-hydrogen) atoms. The van der Waals surface area contributed by atoms with Crippen molar-refractivity contribution in [2.75, 3.05) is 5.75 Å². The van der Waals surface area contributed by atoms with E-state index in [0.29, 0.717) is 0 Å². The lowest BCUT2D eigenvalue weighted by Crippen LogP contribution is -2.16. The van der Waals surface area contributed by atoms with E-state index in [1.165, 1.54) is 6.42 Å². The Morgan fingerprint density at radius 3 is 2.89 bits per heavy atom. The number of nitrogens with zero attached hydrogens (tertiary/aromatic N) is 3. The van der Waals surface area contributed by atoms with Crippen LogP contribution in [0.3, 0.4) is 0 Å². The van der Waals surface area contributed by atoms with Gasteiger partial charge in [0, 0.05) is 5.25 Å². The van der Waals surface area contributed by atoms with Crippen LogP contribution < -0.4 is 0 Å². The first-order valence-corrected chi connectivity index (χ1v) is 7.17. The van der Waals surface area contributed by atoms with Gasteiger partial charge in [-0.1, -0.05) is 23.4 Å². The average molecular weight is 261 g/mol. The zero-order valence-corrected chi connectivity index (χ0v) is 10.8. The van der Waals surface area contributed by atoms with Gasteiger partial charge in [-0.05, 0) is 30.7 Å². The average Bonchev–Trinajstić information content (AvgIpc) is 3.10. The zero-order chi connectivity index (χ0) is 12.4. The molecule has 5 heteroatoms. The molecule has 3 rings (SSSR count). The van der Waals surface area contributed by atoms with Crippen LogP contribution in [0, 0.1) is 0 Å². The van der Waals surface area contributed by atoms with Crippen molar-refractivity contribution in [3.8, 4) is 5.69 Å². The van der Waals surface area contributed by atoms with E-state index in [1.807, 2.05) is 42.1 Å². The van der Waals surface area contributed by atoms with E-state index >= 15 is 0 Å². The topological polar surface area (TPSA) is 50.9 Å². The number of thioether (sulfide) groups is 1. The molecule has 0 spiro atoms. The molecule has 0 amide bonds. The second-order valence-electron chi connectivity index (χ2n) is 4.40. The fourth-order valence-corrected chi connectivity index (χ4v) is 3.55. The van der Waals surface area contributed by atoms with Crippen molar-refractivity contribution in [3.63, 3.8) is 0 Å². The third kappa shape index (κ3) is 2.15. The van der Waals surface area contributed by atoms with Gasteiger partial charge >= 0.3 is 0 Å². The Bertz CT molecular complexity index is 508. The number of aromatic nitrogens is 3. The van der Waals surface area contributed by atoms with E-state index in [-0.39, 0.29) is 5.25 Å². The van der Waals surface area contributed by atoms with Crippen LogP contribution in [-0.4, -0.2) is 31.1 Å². The number of aliphatic hydroxyl groups is 1. The largest absolute Gasteiger partial charge is 0.386 e. The highest BCUT2D eigenvalue weighted by molar-refractivity contribution is 8.00. The number of rotatable bonds is 3. The van der Waals surface area contributed by atoms with E-state index in [1.54, 1.807) is 10.9 Å². The molecule has 1 aliphatic rings. The second kappa shape index (κ2) is 5.12. The number of benzene rings is 1. The van der Waals surface area contributed by atoms with Crippen molar-refractivity contribution in [3.05, 3.63) is 42.2 Å². The molecule has 0 saturated carbocycles. The predicted molar refractivity (Wildman–Crippen MR) is 71.8 cm³/mol. The highest BCUT2D eigenvalue weighted by atomic mass is 32.2. The Balaban J connectivity index is 1.91. The maximum Gasteiger partial charge on any atom is 0.110 e. The summed E-state index contributed by atoms with van der Waals surface area (Å²) in [6.45, 7) is 0. The van der Waals surface area contributed by atoms with Crippen molar-refractivity contribution in [2.24, 2.45) is 0 Å². The number of hydrogen-bond donors (Lipinski definition) is 1. The summed E-state index contributed by atoms with van der Waals surface area (Å²) in [6.07, 6.45) is 3.41. The van der Waals surface area contributed by atoms with Gasteiger partial charge in [0.05, 0.1) is 17.6 Å². The normalized spacial score (nSPS) is 21.1. The first kappa shape index (κ1) is 11.7. The molecular formula is C13H15N3OS. The Morgan fingerprint density at radius 1 is 1.33 bits per heavy atom. The monoisotopic (exact) mass is 261 g/mol. The maximum absolute atomic E-state index is 10.4. The first-order valence-electron chi connectivity index (χ1n) is 6.12. The van der Waals surface area contributed by atoms with E-state index in [9.17, 15) is 5.11 Å². The zero-order valence-electron chi connectivity index (χ0n) is 9.94. The minimum absolute atomic E-state index is 0.269. The minimum atomic E-state index is -0.493. The summed E-state index contributed by atoms with van der Waals surface area (Å²) in [6, 6.07) is 9.80. The molecule has 2 atom stereocenters. The fourth-order valence-electron chi connectivity index (χ4n) is 2.26. The van der Waals surface area contributed by atoms with Crippen LogP contribution in [-0.2, 0) is 0 Å². The summed E-state index contributed by atoms with van der Waals surface area (Å²) in [5.74, 6) is 1.13. The van der Waals surface area contributed by atoms with Gasteiger partial charge in [-0.25, -0.2) is 4.68 Å². The van der Waals surface area contributed by atoms with Gasteiger partial charge < -0.3 is 5.11 Å². The molecule has 94 valence electrons. The molecule has 0 bridgehead atoms. The molecule has 1 aromatic heterocycles. The summed E-state index contributed by atoms with van der Waals surface area (Å²) < 4.78 is 1.73. The van der Waals surface area contributed by atoms with Crippen molar-refractivity contribution < 1.29 is 5.11 Å². The first-order chi connectivity index (χ1) is 8.86. The van der Waals surface area contributed by atoms with E-state index in [2.05, 4.69) is 10.3 Å². The second-order valence-corrected chi connectivity index (χ2v) is 5.75. The molecule has 1 aliphatic heterocycles. The van der Waals surface area contributed by atoms with Crippen LogP contribution in [0.5, 0.6) is 0 Å². The standard InChI is InChI=1S/C13H15N3OS/c17-13(12-7-4-8-18-12)11-9-14-15-16(11)10-5-2-1-3-6-10/h1-3,5-6,9,12-13,17H,4,7-8H2. The molecule has 4 nitrogen and oxygen atoms in total. The van der Waals surface area contributed by atoms with Gasteiger partial charge in [-0.3, -0.25) is 0 Å². The molecule has 1 aromatic carbocycles. The van der Waals surface area contributed by atoms with Crippen molar-refractivity contribution in [1.29, 1.82) is 0 Å². The molecule has 2 heterocycles. The lowest BCUT2D eigenvalue weighted by atomic mass is 10.1. The van der Waals surface area contributed by atoms with Crippen molar-refractivity contribution in [1.82, 2.24) is 15.0 Å². The van der Waals surface area contributed by atoms with E-state index in [0.717, 1.165) is 23.6 Å². The van der Waals surface area contributed by atoms with Gasteiger partial charge in [0.2, 0.25) is 0 Å². The van der Waals surface area contributed by atoms with Crippen LogP contribution in [0.2, 0.25) is 0 Å². The molecule has 0 aliphatic carbocycles. The summed E-state index contributed by atoms with van der Waals surface area (Å²) in [4.78, 5) is 0. The van der Waals surface area contributed by atoms with Gasteiger partial charge in [-0.15, -0.1) is 5.10 Å². The SMILES string of the molecule is OC(c1cnnn1-c1ccccc1)C1CCCS1. The Labute approximate surface area is 110 Å². The van der Waals surface area contributed by atoms with Gasteiger partial charge in [0.25, 0.3) is 0 Å². The summed E-state index contributed by atoms with van der Waals surface area (Å²) in [5, 5.41) is 18.7. The molecule has 2 aromatic rings. The smallest absolute Gasteiger partial charge is 0.110 e. The Kier molecular flexibility index (Phi) is 3.34. The Morgan fingerprint density at radius 2 is 2.17 bits per heavy atom. The minimum Gasteiger partial charge on any atom is -0.386 e. The lowest BCUT2D eigenvalue weighted by molar-refractivity contribution is 0.165. The van der Waals surface area contributed by atoms with Crippen LogP contribution in [0.4, 0.5) is 0 Å². The molecular weight excluding hydrogens is 246 g/mol. The van der Waals surface area contributed by atoms with Gasteiger partial charge in [0.1, 0.15) is 6.10 Å². The fraction of sp³-hybridized carbons (Fsp3) is 0.385. The highest BCUT2D eigenvalue weighted by Gasteiger charge is 2.28. The molecule has 0 radical (unpaired) electrons. The molecule has 1 N–H and O–H groups in total. The lowest BCUT2D eigenvalue weighted by Gasteiger charge is -2.17. The summed E-state index contributed by atoms with van der Waals surface area (Å²) in [5.41, 5.74) is 1.72. The third-order valence-electron chi connectivity index (χ3n) is 3.20.